The summed E-state index contributed by atoms with van der Waals surface area (Å²) in [5, 5.41) is 6.17. The molecule has 0 aromatic heterocycles. The zero-order valence-corrected chi connectivity index (χ0v) is 14.8. The van der Waals surface area contributed by atoms with Gasteiger partial charge in [0.25, 0.3) is 0 Å². The fraction of sp³-hybridized carbons (Fsp3) is 0.429. The number of methoxy groups -OCH3 is 1. The number of hydrogen-bond acceptors (Lipinski definition) is 3. The normalized spacial score (nSPS) is 18.2. The molecule has 1 aliphatic heterocycles. The Hall–Kier alpha value is -1.51. The molecule has 0 bridgehead atoms. The Bertz CT molecular complexity index is 521. The van der Waals surface area contributed by atoms with Crippen molar-refractivity contribution in [2.24, 2.45) is 4.99 Å². The van der Waals surface area contributed by atoms with Gasteiger partial charge in [-0.1, -0.05) is 6.07 Å². The monoisotopic (exact) mass is 404 g/mol. The van der Waals surface area contributed by atoms with Gasteiger partial charge in [0.1, 0.15) is 5.75 Å². The Kier molecular flexibility index (Phi) is 6.73. The van der Waals surface area contributed by atoms with Crippen molar-refractivity contribution in [3.05, 3.63) is 24.3 Å². The predicted octanol–water partition coefficient (Wildman–Crippen LogP) is 1.21. The van der Waals surface area contributed by atoms with Crippen molar-refractivity contribution in [3.63, 3.8) is 0 Å². The molecule has 0 saturated carbocycles. The van der Waals surface area contributed by atoms with E-state index in [9.17, 15) is 4.79 Å². The average Bonchev–Trinajstić information content (AvgIpc) is 2.85. The predicted molar refractivity (Wildman–Crippen MR) is 94.7 cm³/mol. The summed E-state index contributed by atoms with van der Waals surface area (Å²) in [4.78, 5) is 18.0. The maximum atomic E-state index is 12.1. The van der Waals surface area contributed by atoms with Crippen LogP contribution in [0.15, 0.2) is 29.3 Å². The first kappa shape index (κ1) is 17.5. The fourth-order valence-corrected chi connectivity index (χ4v) is 2.27. The number of aliphatic imine (C=N–C) groups is 1. The number of carbonyl (C=O) groups excluding carboxylic acids is 1. The molecule has 1 amide bonds. The van der Waals surface area contributed by atoms with Gasteiger partial charge in [-0.2, -0.15) is 0 Å². The second-order valence-electron chi connectivity index (χ2n) is 4.57. The average molecular weight is 404 g/mol. The Morgan fingerprint density at radius 1 is 1.48 bits per heavy atom. The van der Waals surface area contributed by atoms with Gasteiger partial charge in [-0.05, 0) is 12.1 Å². The fourth-order valence-electron chi connectivity index (χ4n) is 2.27. The standard InChI is InChI=1S/C14H20N4O2.HI/c1-15-14(16-2)17-10-7-13(19)18(9-10)11-5-4-6-12(8-11)20-3;/h4-6,8,10H,7,9H2,1-3H3,(H2,15,16,17);1H. The summed E-state index contributed by atoms with van der Waals surface area (Å²) in [6.07, 6.45) is 0.456. The van der Waals surface area contributed by atoms with Gasteiger partial charge in [-0.25, -0.2) is 0 Å². The summed E-state index contributed by atoms with van der Waals surface area (Å²) in [6, 6.07) is 7.58. The van der Waals surface area contributed by atoms with E-state index in [-0.39, 0.29) is 35.9 Å². The van der Waals surface area contributed by atoms with E-state index in [4.69, 9.17) is 4.74 Å². The number of hydrogen-bond donors (Lipinski definition) is 2. The molecule has 1 aliphatic rings. The van der Waals surface area contributed by atoms with E-state index in [1.807, 2.05) is 24.3 Å². The van der Waals surface area contributed by atoms with Crippen molar-refractivity contribution in [2.75, 3.05) is 32.6 Å². The number of nitrogens with zero attached hydrogens (tertiary/aromatic N) is 2. The molecule has 1 aromatic rings. The number of rotatable bonds is 3. The largest absolute Gasteiger partial charge is 0.497 e. The summed E-state index contributed by atoms with van der Waals surface area (Å²) >= 11 is 0. The first-order valence-electron chi connectivity index (χ1n) is 6.53. The minimum absolute atomic E-state index is 0. The number of nitrogens with one attached hydrogen (secondary N) is 2. The molecule has 21 heavy (non-hydrogen) atoms. The molecule has 116 valence electrons. The van der Waals surface area contributed by atoms with Crippen molar-refractivity contribution in [1.29, 1.82) is 0 Å². The molecule has 2 rings (SSSR count). The van der Waals surface area contributed by atoms with Crippen molar-refractivity contribution < 1.29 is 9.53 Å². The quantitative estimate of drug-likeness (QED) is 0.452. The minimum atomic E-state index is 0. The van der Waals surface area contributed by atoms with Crippen LogP contribution in [-0.4, -0.2) is 45.7 Å². The van der Waals surface area contributed by atoms with E-state index in [2.05, 4.69) is 15.6 Å². The van der Waals surface area contributed by atoms with Crippen LogP contribution >= 0.6 is 24.0 Å². The lowest BCUT2D eigenvalue weighted by Crippen LogP contribution is -2.43. The lowest BCUT2D eigenvalue weighted by molar-refractivity contribution is -0.117. The van der Waals surface area contributed by atoms with Gasteiger partial charge in [0.05, 0.1) is 13.2 Å². The van der Waals surface area contributed by atoms with Gasteiger partial charge in [0.15, 0.2) is 5.96 Å². The highest BCUT2D eigenvalue weighted by atomic mass is 127. The van der Waals surface area contributed by atoms with Gasteiger partial charge in [0, 0.05) is 38.8 Å². The molecule has 1 saturated heterocycles. The van der Waals surface area contributed by atoms with Gasteiger partial charge < -0.3 is 20.3 Å². The summed E-state index contributed by atoms with van der Waals surface area (Å²) in [6.45, 7) is 0.618. The van der Waals surface area contributed by atoms with Crippen molar-refractivity contribution in [3.8, 4) is 5.75 Å². The molecule has 6 nitrogen and oxygen atoms in total. The number of halogens is 1. The molecule has 0 spiro atoms. The molecule has 1 fully saturated rings. The van der Waals surface area contributed by atoms with Crippen molar-refractivity contribution in [2.45, 2.75) is 12.5 Å². The van der Waals surface area contributed by atoms with E-state index < -0.39 is 0 Å². The number of guanidine groups is 1. The second kappa shape index (κ2) is 8.06. The number of amides is 1. The third-order valence-corrected chi connectivity index (χ3v) is 3.29. The molecule has 1 heterocycles. The Morgan fingerprint density at radius 3 is 2.86 bits per heavy atom. The van der Waals surface area contributed by atoms with Crippen LogP contribution in [0.1, 0.15) is 6.42 Å². The molecule has 1 unspecified atom stereocenters. The van der Waals surface area contributed by atoms with Crippen LogP contribution in [0.2, 0.25) is 0 Å². The molecular weight excluding hydrogens is 383 g/mol. The number of benzene rings is 1. The highest BCUT2D eigenvalue weighted by Gasteiger charge is 2.31. The molecule has 1 aromatic carbocycles. The van der Waals surface area contributed by atoms with Crippen molar-refractivity contribution >= 4 is 41.5 Å². The topological polar surface area (TPSA) is 66.0 Å². The molecule has 0 aliphatic carbocycles. The van der Waals surface area contributed by atoms with Crippen LogP contribution in [0.25, 0.3) is 0 Å². The maximum absolute atomic E-state index is 12.1. The second-order valence-corrected chi connectivity index (χ2v) is 4.57. The first-order chi connectivity index (χ1) is 9.67. The summed E-state index contributed by atoms with van der Waals surface area (Å²) in [7, 11) is 5.12. The van der Waals surface area contributed by atoms with Gasteiger partial charge >= 0.3 is 0 Å². The molecule has 7 heteroatoms. The van der Waals surface area contributed by atoms with Crippen molar-refractivity contribution in [1.82, 2.24) is 10.6 Å². The Morgan fingerprint density at radius 2 is 2.24 bits per heavy atom. The Balaban J connectivity index is 0.00000220. The highest BCUT2D eigenvalue weighted by Crippen LogP contribution is 2.25. The first-order valence-corrected chi connectivity index (χ1v) is 6.53. The highest BCUT2D eigenvalue weighted by molar-refractivity contribution is 14.0. The number of carbonyl (C=O) groups is 1. The number of ether oxygens (including phenoxy) is 1. The molecular formula is C14H21IN4O2. The molecule has 0 radical (unpaired) electrons. The van der Waals surface area contributed by atoms with Crippen LogP contribution in [-0.2, 0) is 4.79 Å². The van der Waals surface area contributed by atoms with E-state index in [0.29, 0.717) is 18.9 Å². The van der Waals surface area contributed by atoms with E-state index in [0.717, 1.165) is 11.4 Å². The summed E-state index contributed by atoms with van der Waals surface area (Å²) in [5.41, 5.74) is 0.859. The zero-order valence-electron chi connectivity index (χ0n) is 12.4. The van der Waals surface area contributed by atoms with Crippen LogP contribution < -0.4 is 20.3 Å². The third kappa shape index (κ3) is 4.23. The van der Waals surface area contributed by atoms with E-state index in [1.165, 1.54) is 0 Å². The van der Waals surface area contributed by atoms with Gasteiger partial charge in [-0.15, -0.1) is 24.0 Å². The smallest absolute Gasteiger partial charge is 0.229 e. The summed E-state index contributed by atoms with van der Waals surface area (Å²) in [5.74, 6) is 1.54. The molecule has 2 N–H and O–H groups in total. The van der Waals surface area contributed by atoms with E-state index in [1.54, 1.807) is 26.1 Å². The van der Waals surface area contributed by atoms with Crippen LogP contribution in [0.4, 0.5) is 5.69 Å². The lowest BCUT2D eigenvalue weighted by Gasteiger charge is -2.18. The Labute approximate surface area is 142 Å². The van der Waals surface area contributed by atoms with E-state index >= 15 is 0 Å². The van der Waals surface area contributed by atoms with Gasteiger partial charge in [0.2, 0.25) is 5.91 Å². The minimum Gasteiger partial charge on any atom is -0.497 e. The van der Waals surface area contributed by atoms with Gasteiger partial charge in [-0.3, -0.25) is 9.79 Å². The maximum Gasteiger partial charge on any atom is 0.229 e. The van der Waals surface area contributed by atoms with Crippen LogP contribution in [0.5, 0.6) is 5.75 Å². The lowest BCUT2D eigenvalue weighted by atomic mass is 10.2. The zero-order chi connectivity index (χ0) is 14.5. The third-order valence-electron chi connectivity index (χ3n) is 3.29. The van der Waals surface area contributed by atoms with Crippen LogP contribution in [0.3, 0.4) is 0 Å². The van der Waals surface area contributed by atoms with Crippen LogP contribution in [0, 0.1) is 0 Å². The molecule has 1 atom stereocenters. The SMILES string of the molecule is CN=C(NC)NC1CC(=O)N(c2cccc(OC)c2)C1.I. The number of anilines is 1. The summed E-state index contributed by atoms with van der Waals surface area (Å²) < 4.78 is 5.19.